The summed E-state index contributed by atoms with van der Waals surface area (Å²) in [5, 5.41) is 6.86. The fraction of sp³-hybridized carbons (Fsp3) is 0.938. The second-order valence-electron chi connectivity index (χ2n) is 6.53. The summed E-state index contributed by atoms with van der Waals surface area (Å²) in [5.41, 5.74) is -0.0462. The summed E-state index contributed by atoms with van der Waals surface area (Å²) >= 11 is 0. The topological polar surface area (TPSA) is 58.1 Å². The lowest BCUT2D eigenvalue weighted by atomic mass is 10.0. The molecule has 6 nitrogen and oxygen atoms in total. The number of likely N-dealkylation sites (tertiary alicyclic amines) is 1. The zero-order chi connectivity index (χ0) is 15.8. The fourth-order valence-corrected chi connectivity index (χ4v) is 3.31. The van der Waals surface area contributed by atoms with Gasteiger partial charge in [0, 0.05) is 46.4 Å². The minimum absolute atomic E-state index is 0.0462. The SMILES string of the molecule is CN=C(NCC1CCCN1CCOC)NCC1(C)CCCO1. The van der Waals surface area contributed by atoms with Crippen molar-refractivity contribution in [3.05, 3.63) is 0 Å². The number of methoxy groups -OCH3 is 1. The number of ether oxygens (including phenoxy) is 2. The second kappa shape index (κ2) is 8.70. The molecule has 2 saturated heterocycles. The average molecular weight is 312 g/mol. The van der Waals surface area contributed by atoms with E-state index in [1.165, 1.54) is 19.4 Å². The normalized spacial score (nSPS) is 30.0. The van der Waals surface area contributed by atoms with E-state index in [-0.39, 0.29) is 5.60 Å². The van der Waals surface area contributed by atoms with E-state index in [9.17, 15) is 0 Å². The van der Waals surface area contributed by atoms with Gasteiger partial charge in [-0.3, -0.25) is 9.89 Å². The van der Waals surface area contributed by atoms with Gasteiger partial charge in [-0.1, -0.05) is 0 Å². The number of aliphatic imine (C=N–C) groups is 1. The average Bonchev–Trinajstić information content (AvgIpc) is 3.15. The molecule has 0 amide bonds. The van der Waals surface area contributed by atoms with E-state index in [4.69, 9.17) is 9.47 Å². The van der Waals surface area contributed by atoms with Crippen LogP contribution in [-0.2, 0) is 9.47 Å². The fourth-order valence-electron chi connectivity index (χ4n) is 3.31. The van der Waals surface area contributed by atoms with Crippen LogP contribution in [0.2, 0.25) is 0 Å². The van der Waals surface area contributed by atoms with Crippen LogP contribution >= 0.6 is 0 Å². The molecule has 2 heterocycles. The highest BCUT2D eigenvalue weighted by molar-refractivity contribution is 5.79. The molecule has 0 saturated carbocycles. The smallest absolute Gasteiger partial charge is 0.191 e. The van der Waals surface area contributed by atoms with E-state index >= 15 is 0 Å². The van der Waals surface area contributed by atoms with Crippen LogP contribution in [0.1, 0.15) is 32.6 Å². The zero-order valence-electron chi connectivity index (χ0n) is 14.4. The van der Waals surface area contributed by atoms with E-state index < -0.39 is 0 Å². The molecule has 128 valence electrons. The van der Waals surface area contributed by atoms with Gasteiger partial charge in [-0.15, -0.1) is 0 Å². The van der Waals surface area contributed by atoms with E-state index in [1.54, 1.807) is 7.11 Å². The van der Waals surface area contributed by atoms with Crippen LogP contribution in [0.15, 0.2) is 4.99 Å². The van der Waals surface area contributed by atoms with Crippen LogP contribution in [0.5, 0.6) is 0 Å². The molecule has 22 heavy (non-hydrogen) atoms. The Morgan fingerprint density at radius 3 is 2.95 bits per heavy atom. The molecule has 2 atom stereocenters. The van der Waals surface area contributed by atoms with Gasteiger partial charge in [-0.25, -0.2) is 0 Å². The standard InChI is InChI=1S/C16H32N4O2/c1-16(7-5-10-22-16)13-19-15(17-2)18-12-14-6-4-8-20(14)9-11-21-3/h14H,4-13H2,1-3H3,(H2,17,18,19). The van der Waals surface area contributed by atoms with Crippen LogP contribution in [0.4, 0.5) is 0 Å². The molecule has 0 bridgehead atoms. The number of hydrogen-bond acceptors (Lipinski definition) is 4. The van der Waals surface area contributed by atoms with Crippen LogP contribution in [0, 0.1) is 0 Å². The Hall–Kier alpha value is -0.850. The molecule has 0 aromatic carbocycles. The van der Waals surface area contributed by atoms with Gasteiger partial charge in [0.1, 0.15) is 0 Å². The molecule has 2 N–H and O–H groups in total. The van der Waals surface area contributed by atoms with Crippen molar-refractivity contribution in [1.82, 2.24) is 15.5 Å². The summed E-state index contributed by atoms with van der Waals surface area (Å²) in [4.78, 5) is 6.83. The van der Waals surface area contributed by atoms with E-state index in [0.717, 1.165) is 51.6 Å². The van der Waals surface area contributed by atoms with Crippen LogP contribution in [0.25, 0.3) is 0 Å². The molecule has 2 aliphatic heterocycles. The van der Waals surface area contributed by atoms with Crippen molar-refractivity contribution in [2.24, 2.45) is 4.99 Å². The van der Waals surface area contributed by atoms with Gasteiger partial charge >= 0.3 is 0 Å². The minimum atomic E-state index is -0.0462. The lowest BCUT2D eigenvalue weighted by Gasteiger charge is -2.27. The molecule has 2 aliphatic rings. The largest absolute Gasteiger partial charge is 0.383 e. The van der Waals surface area contributed by atoms with Crippen molar-refractivity contribution < 1.29 is 9.47 Å². The second-order valence-corrected chi connectivity index (χ2v) is 6.53. The highest BCUT2D eigenvalue weighted by Gasteiger charge is 2.30. The predicted molar refractivity (Wildman–Crippen MR) is 89.4 cm³/mol. The van der Waals surface area contributed by atoms with Crippen molar-refractivity contribution in [3.8, 4) is 0 Å². The van der Waals surface area contributed by atoms with Crippen molar-refractivity contribution in [3.63, 3.8) is 0 Å². The predicted octanol–water partition coefficient (Wildman–Crippen LogP) is 0.831. The van der Waals surface area contributed by atoms with E-state index in [2.05, 4.69) is 27.4 Å². The monoisotopic (exact) mass is 312 g/mol. The minimum Gasteiger partial charge on any atom is -0.383 e. The zero-order valence-corrected chi connectivity index (χ0v) is 14.4. The molecule has 0 aliphatic carbocycles. The first-order valence-electron chi connectivity index (χ1n) is 8.48. The van der Waals surface area contributed by atoms with Crippen LogP contribution in [-0.4, -0.2) is 76.1 Å². The number of guanidine groups is 1. The lowest BCUT2D eigenvalue weighted by molar-refractivity contribution is 0.0242. The van der Waals surface area contributed by atoms with E-state index in [1.807, 2.05) is 7.05 Å². The van der Waals surface area contributed by atoms with Gasteiger partial charge in [-0.2, -0.15) is 0 Å². The van der Waals surface area contributed by atoms with Crippen LogP contribution < -0.4 is 10.6 Å². The first-order valence-corrected chi connectivity index (χ1v) is 8.48. The third kappa shape index (κ3) is 5.11. The van der Waals surface area contributed by atoms with Crippen molar-refractivity contribution in [2.45, 2.75) is 44.2 Å². The Bertz CT molecular complexity index is 356. The summed E-state index contributed by atoms with van der Waals surface area (Å²) in [6.07, 6.45) is 4.79. The van der Waals surface area contributed by atoms with Gasteiger partial charge in [0.15, 0.2) is 5.96 Å². The third-order valence-corrected chi connectivity index (χ3v) is 4.74. The molecule has 0 aromatic rings. The molecule has 2 rings (SSSR count). The number of nitrogens with one attached hydrogen (secondary N) is 2. The molecular formula is C16H32N4O2. The molecular weight excluding hydrogens is 280 g/mol. The molecule has 0 radical (unpaired) electrons. The van der Waals surface area contributed by atoms with Crippen molar-refractivity contribution in [2.75, 3.05) is 53.6 Å². The van der Waals surface area contributed by atoms with Crippen LogP contribution in [0.3, 0.4) is 0 Å². The third-order valence-electron chi connectivity index (χ3n) is 4.74. The summed E-state index contributed by atoms with van der Waals surface area (Å²) in [7, 11) is 3.59. The molecule has 2 fully saturated rings. The van der Waals surface area contributed by atoms with Gasteiger partial charge in [0.2, 0.25) is 0 Å². The van der Waals surface area contributed by atoms with Gasteiger partial charge in [0.05, 0.1) is 12.2 Å². The number of hydrogen-bond donors (Lipinski definition) is 2. The molecule has 0 spiro atoms. The Morgan fingerprint density at radius 2 is 2.27 bits per heavy atom. The first-order chi connectivity index (χ1) is 10.7. The highest BCUT2D eigenvalue weighted by Crippen LogP contribution is 2.23. The summed E-state index contributed by atoms with van der Waals surface area (Å²) in [6, 6.07) is 0.576. The highest BCUT2D eigenvalue weighted by atomic mass is 16.5. The summed E-state index contributed by atoms with van der Waals surface area (Å²) < 4.78 is 11.0. The maximum atomic E-state index is 5.81. The Labute approximate surface area is 134 Å². The summed E-state index contributed by atoms with van der Waals surface area (Å²) in [5.74, 6) is 0.871. The van der Waals surface area contributed by atoms with Crippen molar-refractivity contribution >= 4 is 5.96 Å². The van der Waals surface area contributed by atoms with Gasteiger partial charge < -0.3 is 20.1 Å². The van der Waals surface area contributed by atoms with Crippen molar-refractivity contribution in [1.29, 1.82) is 0 Å². The quantitative estimate of drug-likeness (QED) is 0.539. The number of rotatable bonds is 7. The Balaban J connectivity index is 1.71. The maximum absolute atomic E-state index is 5.81. The lowest BCUT2D eigenvalue weighted by Crippen LogP contribution is -2.49. The molecule has 6 heteroatoms. The maximum Gasteiger partial charge on any atom is 0.191 e. The van der Waals surface area contributed by atoms with Gasteiger partial charge in [0.25, 0.3) is 0 Å². The van der Waals surface area contributed by atoms with Gasteiger partial charge in [-0.05, 0) is 39.2 Å². The summed E-state index contributed by atoms with van der Waals surface area (Å²) in [6.45, 7) is 7.78. The Morgan fingerprint density at radius 1 is 1.41 bits per heavy atom. The number of nitrogens with zero attached hydrogens (tertiary/aromatic N) is 2. The molecule has 0 aromatic heterocycles. The first kappa shape index (κ1) is 17.5. The Kier molecular flexibility index (Phi) is 6.92. The van der Waals surface area contributed by atoms with E-state index in [0.29, 0.717) is 6.04 Å². The molecule has 2 unspecified atom stereocenters.